The van der Waals surface area contributed by atoms with Gasteiger partial charge in [-0.2, -0.15) is 5.10 Å². The van der Waals surface area contributed by atoms with E-state index in [2.05, 4.69) is 34.2 Å². The third-order valence-corrected chi connectivity index (χ3v) is 6.54. The van der Waals surface area contributed by atoms with E-state index in [1.165, 1.54) is 6.20 Å². The minimum Gasteiger partial charge on any atom is -0.337 e. The summed E-state index contributed by atoms with van der Waals surface area (Å²) in [5.74, 6) is 0.717. The van der Waals surface area contributed by atoms with Gasteiger partial charge in [0.15, 0.2) is 5.82 Å². The molecule has 192 valence electrons. The Bertz CT molecular complexity index is 1480. The lowest BCUT2D eigenvalue weighted by Gasteiger charge is -2.29. The Hall–Kier alpha value is -3.92. The zero-order valence-corrected chi connectivity index (χ0v) is 21.8. The fraction of sp³-hybridized carbons (Fsp3) is 0.370. The van der Waals surface area contributed by atoms with Gasteiger partial charge in [-0.1, -0.05) is 26.0 Å². The zero-order chi connectivity index (χ0) is 26.3. The SMILES string of the molecule is CC(C)c1c2cc(-c3nc(Nc4ccc5c(n4)CCN(C(=O)CN(C)C)C5)ncc3F)ccc2nn1C. The number of anilines is 2. The number of amides is 1. The summed E-state index contributed by atoms with van der Waals surface area (Å²) >= 11 is 0. The molecule has 1 aliphatic heterocycles. The van der Waals surface area contributed by atoms with Crippen molar-refractivity contribution < 1.29 is 9.18 Å². The maximum Gasteiger partial charge on any atom is 0.237 e. The van der Waals surface area contributed by atoms with Crippen LogP contribution in [0.4, 0.5) is 16.2 Å². The fourth-order valence-electron chi connectivity index (χ4n) is 4.86. The van der Waals surface area contributed by atoms with Crippen LogP contribution in [0.1, 0.15) is 36.7 Å². The van der Waals surface area contributed by atoms with Gasteiger partial charge in [0, 0.05) is 48.9 Å². The quantitative estimate of drug-likeness (QED) is 0.428. The molecule has 3 aromatic heterocycles. The molecule has 0 atom stereocenters. The molecule has 0 saturated heterocycles. The van der Waals surface area contributed by atoms with Gasteiger partial charge in [0.2, 0.25) is 11.9 Å². The van der Waals surface area contributed by atoms with Crippen molar-refractivity contribution >= 4 is 28.6 Å². The van der Waals surface area contributed by atoms with Crippen LogP contribution in [-0.4, -0.2) is 67.6 Å². The van der Waals surface area contributed by atoms with E-state index in [4.69, 9.17) is 4.98 Å². The summed E-state index contributed by atoms with van der Waals surface area (Å²) in [6.45, 7) is 5.78. The smallest absolute Gasteiger partial charge is 0.237 e. The Morgan fingerprint density at radius 2 is 2.00 bits per heavy atom. The second kappa shape index (κ2) is 9.85. The van der Waals surface area contributed by atoms with Gasteiger partial charge < -0.3 is 15.1 Å². The molecule has 37 heavy (non-hydrogen) atoms. The van der Waals surface area contributed by atoms with Crippen molar-refractivity contribution in [3.63, 3.8) is 0 Å². The number of halogens is 1. The van der Waals surface area contributed by atoms with E-state index in [0.29, 0.717) is 37.4 Å². The molecule has 10 heteroatoms. The highest BCUT2D eigenvalue weighted by atomic mass is 19.1. The Labute approximate surface area is 215 Å². The number of fused-ring (bicyclic) bond motifs is 2. The molecule has 4 aromatic rings. The summed E-state index contributed by atoms with van der Waals surface area (Å²) in [6.07, 6.45) is 1.84. The lowest BCUT2D eigenvalue weighted by molar-refractivity contribution is -0.132. The lowest BCUT2D eigenvalue weighted by Crippen LogP contribution is -2.41. The molecule has 0 saturated carbocycles. The number of likely N-dealkylation sites (N-methyl/N-ethyl adjacent to an activating group) is 1. The summed E-state index contributed by atoms with van der Waals surface area (Å²) < 4.78 is 16.7. The minimum atomic E-state index is -0.499. The molecule has 1 amide bonds. The second-order valence-corrected chi connectivity index (χ2v) is 10.0. The van der Waals surface area contributed by atoms with Gasteiger partial charge in [0.05, 0.1) is 18.3 Å². The summed E-state index contributed by atoms with van der Waals surface area (Å²) in [5, 5.41) is 8.67. The van der Waals surface area contributed by atoms with Crippen LogP contribution in [0, 0.1) is 5.82 Å². The van der Waals surface area contributed by atoms with Crippen LogP contribution in [0.2, 0.25) is 0 Å². The molecular weight excluding hydrogens is 471 g/mol. The molecule has 0 unspecified atom stereocenters. The number of nitrogens with one attached hydrogen (secondary N) is 1. The first-order valence-corrected chi connectivity index (χ1v) is 12.4. The molecule has 5 rings (SSSR count). The topological polar surface area (TPSA) is 92.1 Å². The van der Waals surface area contributed by atoms with Crippen LogP contribution in [0.25, 0.3) is 22.2 Å². The van der Waals surface area contributed by atoms with Crippen molar-refractivity contribution in [1.82, 2.24) is 34.5 Å². The standard InChI is InChI=1S/C27H31FN8O/c1-16(2)26-19-12-17(6-8-22(19)33-35(26)5)25-20(28)13-29-27(32-25)31-23-9-7-18-14-36(11-10-21(18)30-23)24(37)15-34(3)4/h6-9,12-13,16H,10-11,14-15H2,1-5H3,(H,29,30,31,32). The van der Waals surface area contributed by atoms with Crippen molar-refractivity contribution in [3.05, 3.63) is 59.3 Å². The zero-order valence-electron chi connectivity index (χ0n) is 21.8. The summed E-state index contributed by atoms with van der Waals surface area (Å²) in [7, 11) is 5.70. The molecule has 1 N–H and O–H groups in total. The van der Waals surface area contributed by atoms with E-state index in [0.717, 1.165) is 27.9 Å². The molecule has 0 radical (unpaired) electrons. The van der Waals surface area contributed by atoms with Gasteiger partial charge in [-0.3, -0.25) is 9.48 Å². The van der Waals surface area contributed by atoms with Gasteiger partial charge in [-0.15, -0.1) is 0 Å². The Balaban J connectivity index is 1.38. The van der Waals surface area contributed by atoms with E-state index in [9.17, 15) is 9.18 Å². The van der Waals surface area contributed by atoms with Crippen molar-refractivity contribution in [2.45, 2.75) is 32.7 Å². The van der Waals surface area contributed by atoms with Crippen LogP contribution in [-0.2, 0) is 24.8 Å². The fourth-order valence-corrected chi connectivity index (χ4v) is 4.86. The summed E-state index contributed by atoms with van der Waals surface area (Å²) in [6, 6.07) is 9.46. The van der Waals surface area contributed by atoms with Gasteiger partial charge >= 0.3 is 0 Å². The number of benzene rings is 1. The van der Waals surface area contributed by atoms with Crippen molar-refractivity contribution in [1.29, 1.82) is 0 Å². The Morgan fingerprint density at radius 1 is 1.19 bits per heavy atom. The number of hydrogen-bond acceptors (Lipinski definition) is 7. The van der Waals surface area contributed by atoms with E-state index in [1.807, 2.05) is 66.0 Å². The van der Waals surface area contributed by atoms with Gasteiger partial charge in [-0.05, 0) is 43.8 Å². The molecule has 0 aliphatic carbocycles. The number of carbonyl (C=O) groups is 1. The number of hydrogen-bond donors (Lipinski definition) is 1. The van der Waals surface area contributed by atoms with Crippen molar-refractivity contribution in [2.75, 3.05) is 32.5 Å². The first kappa shape index (κ1) is 24.8. The highest BCUT2D eigenvalue weighted by Crippen LogP contribution is 2.30. The average Bonchev–Trinajstić information content (AvgIpc) is 3.19. The van der Waals surface area contributed by atoms with Gasteiger partial charge in [0.25, 0.3) is 0 Å². The number of pyridine rings is 1. The third kappa shape index (κ3) is 5.01. The van der Waals surface area contributed by atoms with Crippen molar-refractivity contribution in [2.24, 2.45) is 7.05 Å². The van der Waals surface area contributed by atoms with E-state index in [-0.39, 0.29) is 23.5 Å². The summed E-state index contributed by atoms with van der Waals surface area (Å²) in [4.78, 5) is 29.5. The number of nitrogens with zero attached hydrogens (tertiary/aromatic N) is 7. The third-order valence-electron chi connectivity index (χ3n) is 6.54. The normalized spacial score (nSPS) is 13.5. The maximum absolute atomic E-state index is 14.8. The molecule has 1 aromatic carbocycles. The summed E-state index contributed by atoms with van der Waals surface area (Å²) in [5.41, 5.74) is 4.78. The number of aromatic nitrogens is 5. The molecule has 0 spiro atoms. The number of aryl methyl sites for hydroxylation is 1. The highest BCUT2D eigenvalue weighted by molar-refractivity contribution is 5.87. The second-order valence-electron chi connectivity index (χ2n) is 10.0. The maximum atomic E-state index is 14.8. The van der Waals surface area contributed by atoms with E-state index >= 15 is 0 Å². The van der Waals surface area contributed by atoms with Crippen LogP contribution in [0.3, 0.4) is 0 Å². The Morgan fingerprint density at radius 3 is 2.76 bits per heavy atom. The first-order valence-electron chi connectivity index (χ1n) is 12.4. The van der Waals surface area contributed by atoms with Crippen molar-refractivity contribution in [3.8, 4) is 11.3 Å². The monoisotopic (exact) mass is 502 g/mol. The molecule has 0 fully saturated rings. The first-order chi connectivity index (χ1) is 17.7. The van der Waals surface area contributed by atoms with Crippen LogP contribution in [0.15, 0.2) is 36.5 Å². The number of carbonyl (C=O) groups excluding carboxylic acids is 1. The lowest BCUT2D eigenvalue weighted by atomic mass is 10.0. The van der Waals surface area contributed by atoms with Crippen LogP contribution < -0.4 is 5.32 Å². The molecule has 1 aliphatic rings. The molecule has 9 nitrogen and oxygen atoms in total. The number of rotatable bonds is 6. The Kier molecular flexibility index (Phi) is 6.59. The van der Waals surface area contributed by atoms with E-state index in [1.54, 1.807) is 0 Å². The van der Waals surface area contributed by atoms with Gasteiger partial charge in [-0.25, -0.2) is 19.3 Å². The minimum absolute atomic E-state index is 0.107. The predicted molar refractivity (Wildman–Crippen MR) is 141 cm³/mol. The largest absolute Gasteiger partial charge is 0.337 e. The van der Waals surface area contributed by atoms with Crippen LogP contribution in [0.5, 0.6) is 0 Å². The predicted octanol–water partition coefficient (Wildman–Crippen LogP) is 3.88. The van der Waals surface area contributed by atoms with Gasteiger partial charge in [0.1, 0.15) is 11.5 Å². The molecule has 0 bridgehead atoms. The average molecular weight is 503 g/mol. The molecule has 4 heterocycles. The van der Waals surface area contributed by atoms with Crippen LogP contribution >= 0.6 is 0 Å². The molecular formula is C27H31FN8O. The van der Waals surface area contributed by atoms with E-state index < -0.39 is 5.82 Å². The highest BCUT2D eigenvalue weighted by Gasteiger charge is 2.22.